The van der Waals surface area contributed by atoms with Gasteiger partial charge in [0.25, 0.3) is 5.91 Å². The highest BCUT2D eigenvalue weighted by Crippen LogP contribution is 2.34. The number of primary amides is 1. The molecule has 0 fully saturated rings. The van der Waals surface area contributed by atoms with Crippen LogP contribution in [0.2, 0.25) is 0 Å². The lowest BCUT2D eigenvalue weighted by Gasteiger charge is -2.13. The lowest BCUT2D eigenvalue weighted by molar-refractivity contribution is -0.127. The van der Waals surface area contributed by atoms with Crippen LogP contribution in [0.4, 0.5) is 0 Å². The van der Waals surface area contributed by atoms with Gasteiger partial charge < -0.3 is 19.4 Å². The molecule has 148 valence electrons. The molecule has 0 bridgehead atoms. The number of fused-ring (bicyclic) bond motifs is 1. The number of amides is 1. The highest BCUT2D eigenvalue weighted by Gasteiger charge is 2.45. The summed E-state index contributed by atoms with van der Waals surface area (Å²) in [5.41, 5.74) is 7.83. The Hall–Kier alpha value is -4.20. The molecule has 5 rings (SSSR count). The Balaban J connectivity index is 1.51. The van der Waals surface area contributed by atoms with E-state index in [1.807, 2.05) is 37.3 Å². The molecule has 0 saturated heterocycles. The highest BCUT2D eigenvalue weighted by molar-refractivity contribution is 5.98. The first-order valence-corrected chi connectivity index (χ1v) is 9.21. The van der Waals surface area contributed by atoms with E-state index in [1.54, 1.807) is 28.9 Å². The van der Waals surface area contributed by atoms with Gasteiger partial charge in [0.05, 0.1) is 16.8 Å². The number of aryl methyl sites for hydroxylation is 1. The Bertz CT molecular complexity index is 1330. The maximum Gasteiger partial charge on any atom is 0.341 e. The number of pyridine rings is 1. The van der Waals surface area contributed by atoms with Crippen molar-refractivity contribution < 1.29 is 18.8 Å². The van der Waals surface area contributed by atoms with Gasteiger partial charge in [-0.1, -0.05) is 35.5 Å². The molecule has 0 aliphatic heterocycles. The largest absolute Gasteiger partial charge is 0.437 e. The molecule has 8 nitrogen and oxygen atoms in total. The summed E-state index contributed by atoms with van der Waals surface area (Å²) < 4.78 is 12.4. The molecule has 0 spiro atoms. The van der Waals surface area contributed by atoms with E-state index in [2.05, 4.69) is 10.1 Å². The quantitative estimate of drug-likeness (QED) is 0.407. The van der Waals surface area contributed by atoms with Crippen LogP contribution >= 0.6 is 0 Å². The van der Waals surface area contributed by atoms with E-state index in [1.165, 1.54) is 12.2 Å². The molecule has 1 aliphatic rings. The highest BCUT2D eigenvalue weighted by atomic mass is 16.6. The van der Waals surface area contributed by atoms with Crippen LogP contribution in [0.5, 0.6) is 0 Å². The number of hydrogen-bond donors (Lipinski definition) is 1. The number of rotatable bonds is 5. The van der Waals surface area contributed by atoms with Gasteiger partial charge in [0.1, 0.15) is 17.1 Å². The van der Waals surface area contributed by atoms with Gasteiger partial charge in [0.15, 0.2) is 0 Å². The topological polar surface area (TPSA) is 113 Å². The van der Waals surface area contributed by atoms with Crippen molar-refractivity contribution >= 4 is 17.5 Å². The number of carbonyl (C=O) groups excluding carboxylic acids is 2. The van der Waals surface area contributed by atoms with E-state index in [0.717, 1.165) is 11.1 Å². The van der Waals surface area contributed by atoms with Crippen molar-refractivity contribution in [3.8, 4) is 22.5 Å². The number of imidazole rings is 1. The van der Waals surface area contributed by atoms with E-state index in [4.69, 9.17) is 15.0 Å². The smallest absolute Gasteiger partial charge is 0.341 e. The number of benzene rings is 1. The Morgan fingerprint density at radius 1 is 1.10 bits per heavy atom. The van der Waals surface area contributed by atoms with Crippen LogP contribution in [-0.4, -0.2) is 32.0 Å². The molecular weight excluding hydrogens is 384 g/mol. The number of aromatic nitrogens is 3. The third-order valence-corrected chi connectivity index (χ3v) is 4.97. The second kappa shape index (κ2) is 6.41. The van der Waals surface area contributed by atoms with Gasteiger partial charge in [-0.3, -0.25) is 4.79 Å². The van der Waals surface area contributed by atoms with Crippen molar-refractivity contribution in [1.82, 2.24) is 14.5 Å². The molecule has 4 aromatic rings. The molecule has 3 aromatic heterocycles. The molecule has 3 heterocycles. The third-order valence-electron chi connectivity index (χ3n) is 4.97. The average Bonchev–Trinajstić information content (AvgIpc) is 3.25. The van der Waals surface area contributed by atoms with Gasteiger partial charge >= 0.3 is 5.97 Å². The minimum absolute atomic E-state index is 0.270. The van der Waals surface area contributed by atoms with Gasteiger partial charge in [-0.15, -0.1) is 0 Å². The SMILES string of the molecule is Cc1onc(-c2ccccc2)c1-c1cn2cc(C(=O)OC3(C(N)=O)C=C3)ccc2n1. The predicted octanol–water partition coefficient (Wildman–Crippen LogP) is 2.92. The van der Waals surface area contributed by atoms with Crippen molar-refractivity contribution in [2.45, 2.75) is 12.5 Å². The van der Waals surface area contributed by atoms with Gasteiger partial charge in [-0.05, 0) is 31.2 Å². The summed E-state index contributed by atoms with van der Waals surface area (Å²) in [6.45, 7) is 1.83. The second-order valence-corrected chi connectivity index (χ2v) is 7.02. The molecule has 2 N–H and O–H groups in total. The van der Waals surface area contributed by atoms with Crippen molar-refractivity contribution in [3.05, 3.63) is 78.3 Å². The minimum atomic E-state index is -1.41. The van der Waals surface area contributed by atoms with Crippen molar-refractivity contribution in [2.75, 3.05) is 0 Å². The third kappa shape index (κ3) is 2.86. The average molecular weight is 400 g/mol. The zero-order valence-electron chi connectivity index (χ0n) is 15.9. The maximum absolute atomic E-state index is 12.4. The first-order valence-electron chi connectivity index (χ1n) is 9.21. The maximum atomic E-state index is 12.4. The number of carbonyl (C=O) groups is 2. The van der Waals surface area contributed by atoms with Crippen LogP contribution in [0, 0.1) is 6.92 Å². The van der Waals surface area contributed by atoms with Crippen LogP contribution in [-0.2, 0) is 9.53 Å². The summed E-state index contributed by atoms with van der Waals surface area (Å²) in [5, 5.41) is 4.19. The molecule has 0 unspecified atom stereocenters. The first-order chi connectivity index (χ1) is 14.5. The fourth-order valence-corrected chi connectivity index (χ4v) is 3.27. The molecule has 0 saturated carbocycles. The second-order valence-electron chi connectivity index (χ2n) is 7.02. The molecule has 0 radical (unpaired) electrons. The summed E-state index contributed by atoms with van der Waals surface area (Å²) in [4.78, 5) is 28.5. The zero-order chi connectivity index (χ0) is 20.9. The van der Waals surface area contributed by atoms with E-state index in [-0.39, 0.29) is 5.56 Å². The normalized spacial score (nSPS) is 14.0. The number of ether oxygens (including phenoxy) is 1. The van der Waals surface area contributed by atoms with Crippen molar-refractivity contribution in [2.24, 2.45) is 5.73 Å². The van der Waals surface area contributed by atoms with Gasteiger partial charge in [-0.25, -0.2) is 9.78 Å². The lowest BCUT2D eigenvalue weighted by atomic mass is 10.0. The zero-order valence-corrected chi connectivity index (χ0v) is 15.9. The Kier molecular flexibility index (Phi) is 3.82. The fraction of sp³-hybridized carbons (Fsp3) is 0.0909. The Labute approximate surface area is 170 Å². The molecular formula is C22H16N4O4. The molecule has 0 atom stereocenters. The summed E-state index contributed by atoms with van der Waals surface area (Å²) in [6.07, 6.45) is 6.27. The molecule has 1 aliphatic carbocycles. The van der Waals surface area contributed by atoms with Gasteiger partial charge in [0.2, 0.25) is 5.60 Å². The van der Waals surface area contributed by atoms with E-state index in [9.17, 15) is 9.59 Å². The monoisotopic (exact) mass is 400 g/mol. The number of hydrogen-bond acceptors (Lipinski definition) is 6. The van der Waals surface area contributed by atoms with Crippen LogP contribution in [0.3, 0.4) is 0 Å². The number of nitrogens with two attached hydrogens (primary N) is 1. The van der Waals surface area contributed by atoms with Crippen LogP contribution < -0.4 is 5.73 Å². The predicted molar refractivity (Wildman–Crippen MR) is 107 cm³/mol. The van der Waals surface area contributed by atoms with Gasteiger partial charge in [-0.2, -0.15) is 0 Å². The van der Waals surface area contributed by atoms with E-state index < -0.39 is 17.5 Å². The van der Waals surface area contributed by atoms with Crippen LogP contribution in [0.25, 0.3) is 28.2 Å². The molecule has 1 amide bonds. The fourth-order valence-electron chi connectivity index (χ4n) is 3.27. The standard InChI is InChI=1S/C22H16N4O4/c1-13-18(19(25-30-13)14-5-3-2-4-6-14)16-12-26-11-15(7-8-17(26)24-16)20(27)29-22(9-10-22)21(23)28/h2-12H,1H3,(H2,23,28). The van der Waals surface area contributed by atoms with Crippen LogP contribution in [0.1, 0.15) is 16.1 Å². The molecule has 8 heteroatoms. The summed E-state index contributed by atoms with van der Waals surface area (Å²) in [5.74, 6) is -0.736. The molecule has 30 heavy (non-hydrogen) atoms. The summed E-state index contributed by atoms with van der Waals surface area (Å²) in [7, 11) is 0. The minimum Gasteiger partial charge on any atom is -0.437 e. The Morgan fingerprint density at radius 3 is 2.57 bits per heavy atom. The summed E-state index contributed by atoms with van der Waals surface area (Å²) in [6, 6.07) is 13.0. The first kappa shape index (κ1) is 17.9. The van der Waals surface area contributed by atoms with Crippen LogP contribution in [0.15, 0.2) is 71.5 Å². The number of esters is 1. The summed E-state index contributed by atoms with van der Waals surface area (Å²) >= 11 is 0. The lowest BCUT2D eigenvalue weighted by Crippen LogP contribution is -2.36. The van der Waals surface area contributed by atoms with Gasteiger partial charge in [0, 0.05) is 18.0 Å². The van der Waals surface area contributed by atoms with Crippen molar-refractivity contribution in [3.63, 3.8) is 0 Å². The number of nitrogens with zero attached hydrogens (tertiary/aromatic N) is 3. The Morgan fingerprint density at radius 2 is 1.87 bits per heavy atom. The van der Waals surface area contributed by atoms with E-state index >= 15 is 0 Å². The van der Waals surface area contributed by atoms with Crippen molar-refractivity contribution in [1.29, 1.82) is 0 Å². The molecule has 1 aromatic carbocycles. The van der Waals surface area contributed by atoms with E-state index in [0.29, 0.717) is 22.8 Å².